The fourth-order valence-electron chi connectivity index (χ4n) is 2.31. The SMILES string of the molecule is CN(C)C(=O)Cn1c(=O)n(C)c2ncc(-c3ccc(Cl)s3)cc21. The van der Waals surface area contributed by atoms with Crippen LogP contribution in [0, 0.1) is 0 Å². The number of hydrogen-bond acceptors (Lipinski definition) is 4. The van der Waals surface area contributed by atoms with E-state index < -0.39 is 0 Å². The van der Waals surface area contributed by atoms with Gasteiger partial charge in [0.25, 0.3) is 0 Å². The van der Waals surface area contributed by atoms with Gasteiger partial charge in [-0.15, -0.1) is 11.3 Å². The number of carbonyl (C=O) groups is 1. The first kappa shape index (κ1) is 15.8. The molecule has 0 spiro atoms. The zero-order valence-corrected chi connectivity index (χ0v) is 14.5. The lowest BCUT2D eigenvalue weighted by Gasteiger charge is -2.10. The normalized spacial score (nSPS) is 11.1. The maximum Gasteiger partial charge on any atom is 0.330 e. The highest BCUT2D eigenvalue weighted by Crippen LogP contribution is 2.31. The third-order valence-electron chi connectivity index (χ3n) is 3.62. The molecule has 23 heavy (non-hydrogen) atoms. The number of amides is 1. The van der Waals surface area contributed by atoms with Crippen LogP contribution in [-0.4, -0.2) is 39.0 Å². The standard InChI is InChI=1S/C15H15ClN4O2S/c1-18(2)13(21)8-20-10-6-9(11-4-5-12(16)23-11)7-17-14(10)19(3)15(20)22/h4-7H,8H2,1-3H3. The highest BCUT2D eigenvalue weighted by Gasteiger charge is 2.16. The summed E-state index contributed by atoms with van der Waals surface area (Å²) in [5, 5.41) is 0. The Hall–Kier alpha value is -2.12. The molecule has 3 heterocycles. The minimum atomic E-state index is -0.260. The number of aromatic nitrogens is 3. The van der Waals surface area contributed by atoms with Crippen molar-refractivity contribution in [3.05, 3.63) is 39.2 Å². The van der Waals surface area contributed by atoms with Crippen molar-refractivity contribution in [1.29, 1.82) is 0 Å². The largest absolute Gasteiger partial charge is 0.347 e. The number of likely N-dealkylation sites (N-methyl/N-ethyl adjacent to an activating group) is 1. The van der Waals surface area contributed by atoms with Crippen LogP contribution in [0.25, 0.3) is 21.6 Å². The molecule has 0 bridgehead atoms. The van der Waals surface area contributed by atoms with Crippen molar-refractivity contribution >= 4 is 40.0 Å². The Bertz CT molecular complexity index is 954. The number of imidazole rings is 1. The number of carbonyl (C=O) groups excluding carboxylic acids is 1. The molecule has 3 aromatic heterocycles. The van der Waals surface area contributed by atoms with E-state index in [4.69, 9.17) is 11.6 Å². The molecule has 1 amide bonds. The van der Waals surface area contributed by atoms with Gasteiger partial charge < -0.3 is 4.90 Å². The van der Waals surface area contributed by atoms with Crippen molar-refractivity contribution in [2.75, 3.05) is 14.1 Å². The van der Waals surface area contributed by atoms with Gasteiger partial charge in [0.2, 0.25) is 5.91 Å². The van der Waals surface area contributed by atoms with E-state index in [1.165, 1.54) is 25.4 Å². The number of thiophene rings is 1. The van der Waals surface area contributed by atoms with E-state index in [1.54, 1.807) is 27.3 Å². The second-order valence-electron chi connectivity index (χ2n) is 5.39. The zero-order valence-electron chi connectivity index (χ0n) is 12.9. The lowest BCUT2D eigenvalue weighted by molar-refractivity contribution is -0.129. The van der Waals surface area contributed by atoms with Crippen LogP contribution in [0.2, 0.25) is 4.34 Å². The van der Waals surface area contributed by atoms with E-state index in [2.05, 4.69) is 4.98 Å². The summed E-state index contributed by atoms with van der Waals surface area (Å²) in [7, 11) is 4.97. The van der Waals surface area contributed by atoms with Gasteiger partial charge in [0.1, 0.15) is 6.54 Å². The van der Waals surface area contributed by atoms with Crippen LogP contribution in [-0.2, 0) is 18.4 Å². The average molecular weight is 351 g/mol. The summed E-state index contributed by atoms with van der Waals surface area (Å²) in [6.45, 7) is -0.0144. The molecule has 0 aromatic carbocycles. The molecule has 3 rings (SSSR count). The fraction of sp³-hybridized carbons (Fsp3) is 0.267. The smallest absolute Gasteiger partial charge is 0.330 e. The number of pyridine rings is 1. The van der Waals surface area contributed by atoms with Crippen molar-refractivity contribution in [3.63, 3.8) is 0 Å². The topological polar surface area (TPSA) is 60.1 Å². The highest BCUT2D eigenvalue weighted by atomic mass is 35.5. The van der Waals surface area contributed by atoms with E-state index in [1.807, 2.05) is 18.2 Å². The zero-order chi connectivity index (χ0) is 16.7. The molecule has 120 valence electrons. The Morgan fingerprint density at radius 1 is 1.39 bits per heavy atom. The molecule has 6 nitrogen and oxygen atoms in total. The molecule has 0 aliphatic rings. The maximum atomic E-state index is 12.4. The summed E-state index contributed by atoms with van der Waals surface area (Å²) in [6.07, 6.45) is 1.71. The summed E-state index contributed by atoms with van der Waals surface area (Å²) in [4.78, 5) is 31.2. The molecule has 0 radical (unpaired) electrons. The minimum Gasteiger partial charge on any atom is -0.347 e. The third-order valence-corrected chi connectivity index (χ3v) is 4.90. The summed E-state index contributed by atoms with van der Waals surface area (Å²) >= 11 is 7.42. The molecule has 0 fully saturated rings. The van der Waals surface area contributed by atoms with Gasteiger partial charge in [0.15, 0.2) is 5.65 Å². The Balaban J connectivity index is 2.17. The third kappa shape index (κ3) is 2.77. The lowest BCUT2D eigenvalue weighted by Crippen LogP contribution is -2.31. The fourth-order valence-corrected chi connectivity index (χ4v) is 3.34. The Labute approximate surface area is 141 Å². The summed E-state index contributed by atoms with van der Waals surface area (Å²) in [5.41, 5.74) is 1.79. The molecule has 3 aromatic rings. The van der Waals surface area contributed by atoms with Gasteiger partial charge in [-0.05, 0) is 18.2 Å². The number of nitrogens with zero attached hydrogens (tertiary/aromatic N) is 4. The molecule has 0 N–H and O–H groups in total. The van der Waals surface area contributed by atoms with Gasteiger partial charge in [-0.3, -0.25) is 13.9 Å². The van der Waals surface area contributed by atoms with Crippen molar-refractivity contribution < 1.29 is 4.79 Å². The van der Waals surface area contributed by atoms with Crippen LogP contribution in [0.3, 0.4) is 0 Å². The molecule has 0 atom stereocenters. The van der Waals surface area contributed by atoms with Crippen molar-refractivity contribution in [2.24, 2.45) is 7.05 Å². The Kier molecular flexibility index (Phi) is 3.99. The van der Waals surface area contributed by atoms with Crippen molar-refractivity contribution in [3.8, 4) is 10.4 Å². The first-order valence-electron chi connectivity index (χ1n) is 6.89. The van der Waals surface area contributed by atoms with Crippen LogP contribution >= 0.6 is 22.9 Å². The van der Waals surface area contributed by atoms with E-state index in [0.717, 1.165) is 10.4 Å². The number of halogens is 1. The predicted octanol–water partition coefficient (Wildman–Crippen LogP) is 2.21. The van der Waals surface area contributed by atoms with Gasteiger partial charge in [-0.2, -0.15) is 0 Å². The number of fused-ring (bicyclic) bond motifs is 1. The van der Waals surface area contributed by atoms with Crippen LogP contribution < -0.4 is 5.69 Å². The van der Waals surface area contributed by atoms with E-state index >= 15 is 0 Å². The van der Waals surface area contributed by atoms with E-state index in [0.29, 0.717) is 15.5 Å². The first-order chi connectivity index (χ1) is 10.9. The average Bonchev–Trinajstić information content (AvgIpc) is 3.05. The summed E-state index contributed by atoms with van der Waals surface area (Å²) in [6, 6.07) is 5.60. The van der Waals surface area contributed by atoms with Crippen molar-refractivity contribution in [2.45, 2.75) is 6.54 Å². The summed E-state index contributed by atoms with van der Waals surface area (Å²) < 4.78 is 3.58. The molecular weight excluding hydrogens is 336 g/mol. The number of rotatable bonds is 3. The molecule has 0 saturated heterocycles. The first-order valence-corrected chi connectivity index (χ1v) is 8.09. The van der Waals surface area contributed by atoms with Crippen LogP contribution in [0.4, 0.5) is 0 Å². The van der Waals surface area contributed by atoms with E-state index in [9.17, 15) is 9.59 Å². The molecular formula is C15H15ClN4O2S. The lowest BCUT2D eigenvalue weighted by atomic mass is 10.2. The quantitative estimate of drug-likeness (QED) is 0.727. The molecule has 0 aliphatic carbocycles. The number of hydrogen-bond donors (Lipinski definition) is 0. The molecule has 0 unspecified atom stereocenters. The van der Waals surface area contributed by atoms with Crippen LogP contribution in [0.1, 0.15) is 0 Å². The molecule has 8 heteroatoms. The predicted molar refractivity (Wildman–Crippen MR) is 92.0 cm³/mol. The van der Waals surface area contributed by atoms with Gasteiger partial charge in [0.05, 0.1) is 9.85 Å². The van der Waals surface area contributed by atoms with E-state index in [-0.39, 0.29) is 18.1 Å². The maximum absolute atomic E-state index is 12.4. The van der Waals surface area contributed by atoms with Gasteiger partial charge in [-0.1, -0.05) is 11.6 Å². The minimum absolute atomic E-state index is 0.0144. The summed E-state index contributed by atoms with van der Waals surface area (Å²) in [5.74, 6) is -0.149. The van der Waals surface area contributed by atoms with Gasteiger partial charge >= 0.3 is 5.69 Å². The van der Waals surface area contributed by atoms with Gasteiger partial charge in [-0.25, -0.2) is 9.78 Å². The molecule has 0 aliphatic heterocycles. The van der Waals surface area contributed by atoms with Gasteiger partial charge in [0, 0.05) is 37.8 Å². The second-order valence-corrected chi connectivity index (χ2v) is 7.10. The van der Waals surface area contributed by atoms with Crippen LogP contribution in [0.15, 0.2) is 29.2 Å². The Morgan fingerprint density at radius 3 is 2.74 bits per heavy atom. The second kappa shape index (κ2) is 5.82. The number of aryl methyl sites for hydroxylation is 1. The Morgan fingerprint density at radius 2 is 2.13 bits per heavy atom. The molecule has 0 saturated carbocycles. The van der Waals surface area contributed by atoms with Crippen LogP contribution in [0.5, 0.6) is 0 Å². The highest BCUT2D eigenvalue weighted by molar-refractivity contribution is 7.19. The monoisotopic (exact) mass is 350 g/mol. The van der Waals surface area contributed by atoms with Crippen molar-refractivity contribution in [1.82, 2.24) is 19.0 Å².